The van der Waals surface area contributed by atoms with Gasteiger partial charge >= 0.3 is 0 Å². The molecule has 1 aliphatic rings. The van der Waals surface area contributed by atoms with Crippen LogP contribution in [0.3, 0.4) is 0 Å². The second-order valence-electron chi connectivity index (χ2n) is 5.85. The van der Waals surface area contributed by atoms with Crippen LogP contribution in [0.25, 0.3) is 0 Å². The first-order valence-electron chi connectivity index (χ1n) is 7.90. The third kappa shape index (κ3) is 5.13. The lowest BCUT2D eigenvalue weighted by Gasteiger charge is -2.21. The van der Waals surface area contributed by atoms with E-state index in [2.05, 4.69) is 5.32 Å². The number of hydrogen-bond donors (Lipinski definition) is 1. The Morgan fingerprint density at radius 1 is 1.36 bits per heavy atom. The van der Waals surface area contributed by atoms with E-state index in [-0.39, 0.29) is 11.2 Å². The summed E-state index contributed by atoms with van der Waals surface area (Å²) in [7, 11) is -0.806. The maximum absolute atomic E-state index is 12.5. The number of benzene rings is 1. The fraction of sp³-hybridized carbons (Fsp3) is 0.588. The highest BCUT2D eigenvalue weighted by molar-refractivity contribution is 7.99. The Labute approximate surface area is 140 Å². The number of hydrogen-bond acceptors (Lipinski definition) is 3. The molecule has 122 valence electrons. The van der Waals surface area contributed by atoms with E-state index in [9.17, 15) is 9.00 Å². The van der Waals surface area contributed by atoms with Gasteiger partial charge in [0.05, 0.1) is 5.25 Å². The monoisotopic (exact) mass is 339 g/mol. The Morgan fingerprint density at radius 2 is 2.09 bits per heavy atom. The van der Waals surface area contributed by atoms with Gasteiger partial charge in [0, 0.05) is 27.5 Å². The van der Waals surface area contributed by atoms with Crippen molar-refractivity contribution >= 4 is 34.2 Å². The lowest BCUT2D eigenvalue weighted by atomic mass is 10.0. The molecule has 0 bridgehead atoms. The summed E-state index contributed by atoms with van der Waals surface area (Å²) < 4.78 is 12.5. The van der Waals surface area contributed by atoms with Gasteiger partial charge in [0.2, 0.25) is 5.91 Å². The first-order valence-corrected chi connectivity index (χ1v) is 10.6. The molecule has 1 saturated carbocycles. The van der Waals surface area contributed by atoms with Gasteiger partial charge in [0.25, 0.3) is 0 Å². The summed E-state index contributed by atoms with van der Waals surface area (Å²) in [5.74, 6) is 0.602. The van der Waals surface area contributed by atoms with E-state index in [4.69, 9.17) is 0 Å². The van der Waals surface area contributed by atoms with E-state index in [1.807, 2.05) is 37.4 Å². The molecule has 0 saturated heterocycles. The molecule has 0 aliphatic heterocycles. The van der Waals surface area contributed by atoms with Crippen molar-refractivity contribution in [3.05, 3.63) is 29.8 Å². The van der Waals surface area contributed by atoms with Gasteiger partial charge in [-0.05, 0) is 43.7 Å². The summed E-state index contributed by atoms with van der Waals surface area (Å²) in [5, 5.41) is 3.21. The molecule has 3 nitrogen and oxygen atoms in total. The van der Waals surface area contributed by atoms with E-state index in [1.54, 1.807) is 0 Å². The number of carbonyl (C=O) groups is 1. The number of anilines is 1. The van der Waals surface area contributed by atoms with Crippen molar-refractivity contribution in [3.8, 4) is 0 Å². The van der Waals surface area contributed by atoms with Crippen LogP contribution in [0, 0.1) is 0 Å². The van der Waals surface area contributed by atoms with E-state index in [1.165, 1.54) is 31.0 Å². The van der Waals surface area contributed by atoms with Crippen LogP contribution in [0.4, 0.5) is 5.69 Å². The molecule has 1 aliphatic carbocycles. The van der Waals surface area contributed by atoms with Crippen LogP contribution in [0.1, 0.15) is 44.6 Å². The molecule has 1 N–H and O–H groups in total. The van der Waals surface area contributed by atoms with Crippen molar-refractivity contribution < 1.29 is 9.00 Å². The molecule has 5 heteroatoms. The molecule has 1 amide bonds. The maximum Gasteiger partial charge on any atom is 0.237 e. The summed E-state index contributed by atoms with van der Waals surface area (Å²) in [6.07, 6.45) is 7.80. The molecule has 22 heavy (non-hydrogen) atoms. The quantitative estimate of drug-likeness (QED) is 0.853. The average molecular weight is 340 g/mol. The molecule has 1 aromatic carbocycles. The zero-order valence-electron chi connectivity index (χ0n) is 13.3. The predicted octanol–water partition coefficient (Wildman–Crippen LogP) is 3.96. The number of rotatable bonds is 6. The first kappa shape index (κ1) is 17.5. The lowest BCUT2D eigenvalue weighted by molar-refractivity contribution is -0.115. The smallest absolute Gasteiger partial charge is 0.237 e. The summed E-state index contributed by atoms with van der Waals surface area (Å²) in [6, 6.07) is 7.75. The predicted molar refractivity (Wildman–Crippen MR) is 96.8 cm³/mol. The standard InChI is InChI=1S/C17H25NO2S2/c1-13(21-2)17(19)18-15-8-6-7-14(11-15)12-22(20)16-9-4-3-5-10-16/h6-8,11,13,16H,3-5,9-10,12H2,1-2H3,(H,18,19)/t13-,22-/m1/s1. The van der Waals surface area contributed by atoms with Gasteiger partial charge in [0.15, 0.2) is 0 Å². The molecule has 1 fully saturated rings. The molecule has 0 heterocycles. The first-order chi connectivity index (χ1) is 10.6. The van der Waals surface area contributed by atoms with Crippen molar-refractivity contribution in [2.45, 2.75) is 55.3 Å². The highest BCUT2D eigenvalue weighted by Gasteiger charge is 2.20. The molecular formula is C17H25NO2S2. The SMILES string of the molecule is CS[C@H](C)C(=O)Nc1cccc(C[S@@](=O)C2CCCCC2)c1. The highest BCUT2D eigenvalue weighted by Crippen LogP contribution is 2.24. The van der Waals surface area contributed by atoms with Crippen molar-refractivity contribution in [2.75, 3.05) is 11.6 Å². The molecule has 0 radical (unpaired) electrons. The topological polar surface area (TPSA) is 46.2 Å². The largest absolute Gasteiger partial charge is 0.325 e. The van der Waals surface area contributed by atoms with E-state index < -0.39 is 10.8 Å². The third-order valence-electron chi connectivity index (χ3n) is 4.15. The summed E-state index contributed by atoms with van der Waals surface area (Å²) >= 11 is 1.53. The average Bonchev–Trinajstić information content (AvgIpc) is 2.55. The molecule has 2 rings (SSSR count). The minimum Gasteiger partial charge on any atom is -0.325 e. The minimum absolute atomic E-state index is 0.0121. The van der Waals surface area contributed by atoms with Gasteiger partial charge < -0.3 is 5.32 Å². The van der Waals surface area contributed by atoms with Crippen LogP contribution in [-0.2, 0) is 21.3 Å². The second-order valence-corrected chi connectivity index (χ2v) is 8.75. The Kier molecular flexibility index (Phi) is 6.96. The zero-order valence-corrected chi connectivity index (χ0v) is 15.0. The number of thioether (sulfide) groups is 1. The third-order valence-corrected chi connectivity index (χ3v) is 6.90. The molecule has 0 unspecified atom stereocenters. The summed E-state index contributed by atoms with van der Waals surface area (Å²) in [4.78, 5) is 11.9. The van der Waals surface area contributed by atoms with Gasteiger partial charge in [-0.15, -0.1) is 0 Å². The van der Waals surface area contributed by atoms with Crippen molar-refractivity contribution in [1.82, 2.24) is 0 Å². The van der Waals surface area contributed by atoms with Crippen molar-refractivity contribution in [1.29, 1.82) is 0 Å². The summed E-state index contributed by atoms with van der Waals surface area (Å²) in [6.45, 7) is 1.89. The Hall–Kier alpha value is -0.810. The van der Waals surface area contributed by atoms with Crippen LogP contribution < -0.4 is 5.32 Å². The van der Waals surface area contributed by atoms with Crippen LogP contribution >= 0.6 is 11.8 Å². The molecule has 2 atom stereocenters. The van der Waals surface area contributed by atoms with Gasteiger partial charge in [-0.3, -0.25) is 9.00 Å². The number of amides is 1. The minimum atomic E-state index is -0.806. The van der Waals surface area contributed by atoms with Gasteiger partial charge in [-0.2, -0.15) is 11.8 Å². The lowest BCUT2D eigenvalue weighted by Crippen LogP contribution is -2.22. The van der Waals surface area contributed by atoms with Gasteiger partial charge in [-0.25, -0.2) is 0 Å². The normalized spacial score (nSPS) is 18.6. The van der Waals surface area contributed by atoms with E-state index in [0.29, 0.717) is 11.0 Å². The highest BCUT2D eigenvalue weighted by atomic mass is 32.2. The van der Waals surface area contributed by atoms with Gasteiger partial charge in [0.1, 0.15) is 0 Å². The molecule has 0 aromatic heterocycles. The summed E-state index contributed by atoms with van der Waals surface area (Å²) in [5.41, 5.74) is 1.84. The van der Waals surface area contributed by atoms with Crippen LogP contribution in [0.15, 0.2) is 24.3 Å². The van der Waals surface area contributed by atoms with E-state index in [0.717, 1.165) is 24.1 Å². The van der Waals surface area contributed by atoms with Crippen molar-refractivity contribution in [3.63, 3.8) is 0 Å². The Balaban J connectivity index is 1.96. The van der Waals surface area contributed by atoms with Crippen LogP contribution in [0.5, 0.6) is 0 Å². The Morgan fingerprint density at radius 3 is 2.77 bits per heavy atom. The van der Waals surface area contributed by atoms with Crippen molar-refractivity contribution in [2.24, 2.45) is 0 Å². The maximum atomic E-state index is 12.5. The molecule has 0 spiro atoms. The molecular weight excluding hydrogens is 314 g/mol. The number of nitrogens with one attached hydrogen (secondary N) is 1. The molecule has 1 aromatic rings. The van der Waals surface area contributed by atoms with Crippen LogP contribution in [-0.4, -0.2) is 26.9 Å². The van der Waals surface area contributed by atoms with Gasteiger partial charge in [-0.1, -0.05) is 31.4 Å². The number of carbonyl (C=O) groups excluding carboxylic acids is 1. The fourth-order valence-electron chi connectivity index (χ4n) is 2.70. The Bertz CT molecular complexity index is 527. The van der Waals surface area contributed by atoms with Crippen LogP contribution in [0.2, 0.25) is 0 Å². The fourth-order valence-corrected chi connectivity index (χ4v) is 4.58. The van der Waals surface area contributed by atoms with E-state index >= 15 is 0 Å². The zero-order chi connectivity index (χ0) is 15.9. The second kappa shape index (κ2) is 8.73.